The average molecular weight is 190 g/mol. The Hall–Kier alpha value is -1.81. The molecule has 0 radical (unpaired) electrons. The Labute approximate surface area is 80.3 Å². The number of H-pyrrole nitrogens is 1. The van der Waals surface area contributed by atoms with Gasteiger partial charge in [0.2, 0.25) is 0 Å². The topological polar surface area (TPSA) is 79.1 Å². The third-order valence-electron chi connectivity index (χ3n) is 2.21. The van der Waals surface area contributed by atoms with E-state index < -0.39 is 5.97 Å². The van der Waals surface area contributed by atoms with Gasteiger partial charge in [-0.05, 0) is 17.7 Å². The van der Waals surface area contributed by atoms with Gasteiger partial charge in [-0.25, -0.2) is 4.79 Å². The van der Waals surface area contributed by atoms with Gasteiger partial charge in [0.1, 0.15) is 0 Å². The van der Waals surface area contributed by atoms with E-state index >= 15 is 0 Å². The lowest BCUT2D eigenvalue weighted by Gasteiger charge is -1.97. The number of aromatic nitrogens is 1. The third-order valence-corrected chi connectivity index (χ3v) is 2.21. The second-order valence-electron chi connectivity index (χ2n) is 3.09. The molecule has 0 bridgehead atoms. The minimum atomic E-state index is -0.926. The Bertz CT molecular complexity index is 488. The quantitative estimate of drug-likeness (QED) is 0.668. The van der Waals surface area contributed by atoms with Gasteiger partial charge in [0.15, 0.2) is 0 Å². The predicted molar refractivity (Wildman–Crippen MR) is 53.1 cm³/mol. The van der Waals surface area contributed by atoms with Crippen molar-refractivity contribution in [3.05, 3.63) is 35.5 Å². The molecule has 0 aliphatic carbocycles. The number of benzene rings is 1. The van der Waals surface area contributed by atoms with E-state index in [0.29, 0.717) is 11.9 Å². The number of nitrogens with one attached hydrogen (secondary N) is 1. The SMILES string of the molecule is NCc1ccc2[nH]cc(C(=O)O)c2c1. The molecule has 0 aliphatic rings. The second kappa shape index (κ2) is 3.16. The molecule has 0 spiro atoms. The highest BCUT2D eigenvalue weighted by molar-refractivity contribution is 6.03. The van der Waals surface area contributed by atoms with Crippen molar-refractivity contribution in [3.8, 4) is 0 Å². The van der Waals surface area contributed by atoms with Gasteiger partial charge in [-0.1, -0.05) is 6.07 Å². The molecule has 4 heteroatoms. The van der Waals surface area contributed by atoms with Crippen molar-refractivity contribution in [1.82, 2.24) is 4.98 Å². The summed E-state index contributed by atoms with van der Waals surface area (Å²) in [6, 6.07) is 5.52. The summed E-state index contributed by atoms with van der Waals surface area (Å²) in [5, 5.41) is 9.59. The molecule has 0 atom stereocenters. The lowest BCUT2D eigenvalue weighted by molar-refractivity contribution is 0.0699. The van der Waals surface area contributed by atoms with Crippen LogP contribution in [0, 0.1) is 0 Å². The van der Waals surface area contributed by atoms with Crippen LogP contribution in [0.3, 0.4) is 0 Å². The number of nitrogens with two attached hydrogens (primary N) is 1. The molecular formula is C10H10N2O2. The summed E-state index contributed by atoms with van der Waals surface area (Å²) in [5.41, 5.74) is 7.51. The molecule has 14 heavy (non-hydrogen) atoms. The zero-order chi connectivity index (χ0) is 10.1. The minimum absolute atomic E-state index is 0.287. The molecule has 0 amide bonds. The number of aromatic carboxylic acids is 1. The summed E-state index contributed by atoms with van der Waals surface area (Å²) in [6.07, 6.45) is 1.49. The number of rotatable bonds is 2. The average Bonchev–Trinajstić information content (AvgIpc) is 2.59. The second-order valence-corrected chi connectivity index (χ2v) is 3.09. The summed E-state index contributed by atoms with van der Waals surface area (Å²) in [4.78, 5) is 13.7. The number of carboxylic acids is 1. The van der Waals surface area contributed by atoms with Gasteiger partial charge >= 0.3 is 5.97 Å². The number of hydrogen-bond acceptors (Lipinski definition) is 2. The van der Waals surface area contributed by atoms with Gasteiger partial charge in [-0.15, -0.1) is 0 Å². The lowest BCUT2D eigenvalue weighted by atomic mass is 10.1. The highest BCUT2D eigenvalue weighted by atomic mass is 16.4. The highest BCUT2D eigenvalue weighted by Gasteiger charge is 2.09. The van der Waals surface area contributed by atoms with Crippen molar-refractivity contribution in [2.75, 3.05) is 0 Å². The molecule has 1 heterocycles. The summed E-state index contributed by atoms with van der Waals surface area (Å²) in [6.45, 7) is 0.417. The van der Waals surface area contributed by atoms with Crippen LogP contribution in [0.15, 0.2) is 24.4 Å². The van der Waals surface area contributed by atoms with Gasteiger partial charge in [0.05, 0.1) is 5.56 Å². The van der Waals surface area contributed by atoms with Crippen LogP contribution in [0.4, 0.5) is 0 Å². The third kappa shape index (κ3) is 1.25. The number of carboxylic acid groups (broad SMARTS) is 1. The zero-order valence-electron chi connectivity index (χ0n) is 7.45. The fourth-order valence-corrected chi connectivity index (χ4v) is 1.47. The standard InChI is InChI=1S/C10H10N2O2/c11-4-6-1-2-9-7(3-6)8(5-12-9)10(13)14/h1-3,5,12H,4,11H2,(H,13,14). The molecule has 0 fully saturated rings. The smallest absolute Gasteiger partial charge is 0.337 e. The molecule has 0 saturated carbocycles. The Morgan fingerprint density at radius 3 is 2.93 bits per heavy atom. The fraction of sp³-hybridized carbons (Fsp3) is 0.100. The molecule has 4 nitrogen and oxygen atoms in total. The number of hydrogen-bond donors (Lipinski definition) is 3. The van der Waals surface area contributed by atoms with E-state index in [1.54, 1.807) is 6.07 Å². The summed E-state index contributed by atoms with van der Waals surface area (Å²) >= 11 is 0. The van der Waals surface area contributed by atoms with E-state index in [-0.39, 0.29) is 5.56 Å². The normalized spacial score (nSPS) is 10.6. The molecular weight excluding hydrogens is 180 g/mol. The maximum atomic E-state index is 10.8. The van der Waals surface area contributed by atoms with Gasteiger partial charge in [0.25, 0.3) is 0 Å². The predicted octanol–water partition coefficient (Wildman–Crippen LogP) is 1.32. The Morgan fingerprint density at radius 2 is 2.29 bits per heavy atom. The van der Waals surface area contributed by atoms with E-state index in [9.17, 15) is 4.79 Å². The first-order valence-corrected chi connectivity index (χ1v) is 4.25. The van der Waals surface area contributed by atoms with Crippen molar-refractivity contribution in [1.29, 1.82) is 0 Å². The molecule has 0 saturated heterocycles. The Kier molecular flexibility index (Phi) is 1.98. The van der Waals surface area contributed by atoms with E-state index in [2.05, 4.69) is 4.98 Å². The van der Waals surface area contributed by atoms with Crippen LogP contribution in [0.25, 0.3) is 10.9 Å². The van der Waals surface area contributed by atoms with Crippen LogP contribution < -0.4 is 5.73 Å². The van der Waals surface area contributed by atoms with Crippen LogP contribution in [0.2, 0.25) is 0 Å². The van der Waals surface area contributed by atoms with Crippen LogP contribution in [0.1, 0.15) is 15.9 Å². The van der Waals surface area contributed by atoms with E-state index in [0.717, 1.165) is 11.1 Å². The largest absolute Gasteiger partial charge is 0.478 e. The molecule has 72 valence electrons. The number of fused-ring (bicyclic) bond motifs is 1. The van der Waals surface area contributed by atoms with Gasteiger partial charge in [-0.2, -0.15) is 0 Å². The lowest BCUT2D eigenvalue weighted by Crippen LogP contribution is -1.97. The molecule has 2 aromatic rings. The Balaban J connectivity index is 2.69. The van der Waals surface area contributed by atoms with Crippen LogP contribution in [-0.4, -0.2) is 16.1 Å². The fourth-order valence-electron chi connectivity index (χ4n) is 1.47. The van der Waals surface area contributed by atoms with Gasteiger partial charge < -0.3 is 15.8 Å². The maximum absolute atomic E-state index is 10.8. The zero-order valence-corrected chi connectivity index (χ0v) is 7.45. The van der Waals surface area contributed by atoms with Crippen molar-refractivity contribution in [3.63, 3.8) is 0 Å². The first kappa shape index (κ1) is 8.77. The first-order valence-electron chi connectivity index (χ1n) is 4.25. The molecule has 1 aromatic carbocycles. The van der Waals surface area contributed by atoms with Crippen molar-refractivity contribution in [2.24, 2.45) is 5.73 Å². The van der Waals surface area contributed by atoms with Gasteiger partial charge in [0, 0.05) is 23.6 Å². The maximum Gasteiger partial charge on any atom is 0.337 e. The summed E-state index contributed by atoms with van der Waals surface area (Å²) < 4.78 is 0. The van der Waals surface area contributed by atoms with Crippen molar-refractivity contribution >= 4 is 16.9 Å². The van der Waals surface area contributed by atoms with E-state index in [4.69, 9.17) is 10.8 Å². The number of aromatic amines is 1. The summed E-state index contributed by atoms with van der Waals surface area (Å²) in [7, 11) is 0. The monoisotopic (exact) mass is 190 g/mol. The van der Waals surface area contributed by atoms with Crippen LogP contribution >= 0.6 is 0 Å². The molecule has 1 aromatic heterocycles. The van der Waals surface area contributed by atoms with E-state index in [1.165, 1.54) is 6.20 Å². The molecule has 0 aliphatic heterocycles. The minimum Gasteiger partial charge on any atom is -0.478 e. The van der Waals surface area contributed by atoms with Crippen LogP contribution in [-0.2, 0) is 6.54 Å². The van der Waals surface area contributed by atoms with Crippen LogP contribution in [0.5, 0.6) is 0 Å². The summed E-state index contributed by atoms with van der Waals surface area (Å²) in [5.74, 6) is -0.926. The highest BCUT2D eigenvalue weighted by Crippen LogP contribution is 2.19. The first-order chi connectivity index (χ1) is 6.72. The van der Waals surface area contributed by atoms with Crippen molar-refractivity contribution < 1.29 is 9.90 Å². The Morgan fingerprint density at radius 1 is 1.50 bits per heavy atom. The molecule has 0 unspecified atom stereocenters. The van der Waals surface area contributed by atoms with E-state index in [1.807, 2.05) is 12.1 Å². The number of carbonyl (C=O) groups is 1. The van der Waals surface area contributed by atoms with Crippen molar-refractivity contribution in [2.45, 2.75) is 6.54 Å². The molecule has 4 N–H and O–H groups in total. The van der Waals surface area contributed by atoms with Gasteiger partial charge in [-0.3, -0.25) is 0 Å². The molecule has 2 rings (SSSR count).